The van der Waals surface area contributed by atoms with Crippen LogP contribution in [0, 0.1) is 5.82 Å². The molecule has 138 valence electrons. The van der Waals surface area contributed by atoms with Crippen LogP contribution in [0.1, 0.15) is 33.8 Å². The van der Waals surface area contributed by atoms with E-state index in [1.807, 2.05) is 17.5 Å². The molecule has 0 saturated carbocycles. The fourth-order valence-corrected chi connectivity index (χ4v) is 3.37. The summed E-state index contributed by atoms with van der Waals surface area (Å²) in [6.45, 7) is 1.33. The molecule has 0 bridgehead atoms. The molecule has 1 atom stereocenters. The average Bonchev–Trinajstić information content (AvgIpc) is 3.20. The van der Waals surface area contributed by atoms with E-state index in [1.165, 1.54) is 30.4 Å². The third-order valence-corrected chi connectivity index (χ3v) is 4.90. The molecular formula is C21H18FNO3S. The van der Waals surface area contributed by atoms with Gasteiger partial charge in [-0.1, -0.05) is 18.2 Å². The summed E-state index contributed by atoms with van der Waals surface area (Å²) in [5.41, 5.74) is 1.37. The number of halogens is 1. The summed E-state index contributed by atoms with van der Waals surface area (Å²) < 4.78 is 18.7. The summed E-state index contributed by atoms with van der Waals surface area (Å²) in [4.78, 5) is 24.6. The number of rotatable bonds is 7. The Labute approximate surface area is 160 Å². The Morgan fingerprint density at radius 3 is 2.37 bits per heavy atom. The quantitative estimate of drug-likeness (QED) is 0.616. The zero-order chi connectivity index (χ0) is 19.2. The van der Waals surface area contributed by atoms with Crippen LogP contribution in [0.3, 0.4) is 0 Å². The van der Waals surface area contributed by atoms with E-state index in [9.17, 15) is 14.0 Å². The van der Waals surface area contributed by atoms with E-state index in [0.717, 1.165) is 10.4 Å². The number of hydrogen-bond acceptors (Lipinski definition) is 4. The molecule has 0 aliphatic carbocycles. The molecule has 4 nitrogen and oxygen atoms in total. The highest BCUT2D eigenvalue weighted by atomic mass is 32.1. The largest absolute Gasteiger partial charge is 0.484 e. The summed E-state index contributed by atoms with van der Waals surface area (Å²) >= 11 is 1.51. The number of benzene rings is 2. The van der Waals surface area contributed by atoms with Gasteiger partial charge in [0, 0.05) is 10.4 Å². The van der Waals surface area contributed by atoms with Gasteiger partial charge in [0.1, 0.15) is 11.6 Å². The molecule has 1 amide bonds. The van der Waals surface area contributed by atoms with Crippen LogP contribution in [-0.4, -0.2) is 18.3 Å². The fraction of sp³-hybridized carbons (Fsp3) is 0.143. The van der Waals surface area contributed by atoms with Crippen LogP contribution in [0.2, 0.25) is 0 Å². The molecule has 0 aliphatic rings. The van der Waals surface area contributed by atoms with Crippen molar-refractivity contribution in [3.8, 4) is 5.75 Å². The van der Waals surface area contributed by atoms with Gasteiger partial charge in [-0.3, -0.25) is 9.59 Å². The first kappa shape index (κ1) is 18.8. The molecule has 0 saturated heterocycles. The number of Topliss-reactive ketones (excluding diaryl/α,β-unsaturated/α-hetero) is 1. The predicted octanol–water partition coefficient (Wildman–Crippen LogP) is 4.37. The second-order valence-corrected chi connectivity index (χ2v) is 6.92. The van der Waals surface area contributed by atoms with Crippen LogP contribution in [0.5, 0.6) is 5.75 Å². The summed E-state index contributed by atoms with van der Waals surface area (Å²) in [6, 6.07) is 16.1. The predicted molar refractivity (Wildman–Crippen MR) is 103 cm³/mol. The van der Waals surface area contributed by atoms with E-state index in [2.05, 4.69) is 5.32 Å². The van der Waals surface area contributed by atoms with Gasteiger partial charge in [0.15, 0.2) is 12.4 Å². The minimum atomic E-state index is -0.373. The molecule has 6 heteroatoms. The standard InChI is InChI=1S/C21H18FNO3S/c1-14(24)15-6-10-18(11-7-15)26-13-20(25)23-21(19-3-2-12-27-19)16-4-8-17(22)9-5-16/h2-12,21H,13H2,1H3,(H,23,25)/t21-/m0/s1. The van der Waals surface area contributed by atoms with Crippen LogP contribution in [-0.2, 0) is 4.79 Å². The van der Waals surface area contributed by atoms with Crippen molar-refractivity contribution in [2.24, 2.45) is 0 Å². The number of carbonyl (C=O) groups is 2. The van der Waals surface area contributed by atoms with E-state index in [-0.39, 0.29) is 30.2 Å². The van der Waals surface area contributed by atoms with Crippen molar-refractivity contribution in [2.75, 3.05) is 6.61 Å². The monoisotopic (exact) mass is 383 g/mol. The van der Waals surface area contributed by atoms with Crippen LogP contribution >= 0.6 is 11.3 Å². The smallest absolute Gasteiger partial charge is 0.258 e. The van der Waals surface area contributed by atoms with Crippen molar-refractivity contribution in [1.82, 2.24) is 5.32 Å². The normalized spacial score (nSPS) is 11.6. The molecular weight excluding hydrogens is 365 g/mol. The maximum Gasteiger partial charge on any atom is 0.258 e. The van der Waals surface area contributed by atoms with E-state index < -0.39 is 0 Å². The summed E-state index contributed by atoms with van der Waals surface area (Å²) in [5, 5.41) is 4.85. The number of hydrogen-bond donors (Lipinski definition) is 1. The molecule has 0 aliphatic heterocycles. The van der Waals surface area contributed by atoms with E-state index in [1.54, 1.807) is 36.4 Å². The van der Waals surface area contributed by atoms with E-state index in [4.69, 9.17) is 4.74 Å². The Hall–Kier alpha value is -2.99. The first-order chi connectivity index (χ1) is 13.0. The highest BCUT2D eigenvalue weighted by molar-refractivity contribution is 7.10. The molecule has 0 spiro atoms. The third-order valence-electron chi connectivity index (χ3n) is 3.97. The molecule has 1 N–H and O–H groups in total. The summed E-state index contributed by atoms with van der Waals surface area (Å²) in [6.07, 6.45) is 0. The lowest BCUT2D eigenvalue weighted by Gasteiger charge is -2.18. The van der Waals surface area contributed by atoms with Crippen molar-refractivity contribution in [1.29, 1.82) is 0 Å². The maximum absolute atomic E-state index is 13.2. The number of ether oxygens (including phenoxy) is 1. The van der Waals surface area contributed by atoms with Crippen molar-refractivity contribution in [3.05, 3.63) is 87.9 Å². The molecule has 0 unspecified atom stereocenters. The molecule has 0 radical (unpaired) electrons. The highest BCUT2D eigenvalue weighted by Gasteiger charge is 2.18. The first-order valence-electron chi connectivity index (χ1n) is 8.35. The fourth-order valence-electron chi connectivity index (χ4n) is 2.57. The SMILES string of the molecule is CC(=O)c1ccc(OCC(=O)N[C@@H](c2ccc(F)cc2)c2cccs2)cc1. The van der Waals surface area contributed by atoms with Crippen LogP contribution < -0.4 is 10.1 Å². The van der Waals surface area contributed by atoms with Crippen molar-refractivity contribution >= 4 is 23.0 Å². The minimum absolute atomic E-state index is 0.0302. The molecule has 27 heavy (non-hydrogen) atoms. The van der Waals surface area contributed by atoms with Gasteiger partial charge in [0.05, 0.1) is 6.04 Å². The van der Waals surface area contributed by atoms with Crippen molar-refractivity contribution in [2.45, 2.75) is 13.0 Å². The summed E-state index contributed by atoms with van der Waals surface area (Å²) in [7, 11) is 0. The van der Waals surface area contributed by atoms with Gasteiger partial charge in [-0.15, -0.1) is 11.3 Å². The van der Waals surface area contributed by atoms with Gasteiger partial charge in [-0.05, 0) is 60.3 Å². The van der Waals surface area contributed by atoms with Gasteiger partial charge in [-0.25, -0.2) is 4.39 Å². The van der Waals surface area contributed by atoms with Crippen molar-refractivity contribution < 1.29 is 18.7 Å². The number of nitrogens with one attached hydrogen (secondary N) is 1. The van der Waals surface area contributed by atoms with Crippen LogP contribution in [0.4, 0.5) is 4.39 Å². The topological polar surface area (TPSA) is 55.4 Å². The Kier molecular flexibility index (Phi) is 5.98. The Bertz CT molecular complexity index is 906. The third kappa shape index (κ3) is 5.01. The number of carbonyl (C=O) groups excluding carboxylic acids is 2. The Morgan fingerprint density at radius 1 is 1.07 bits per heavy atom. The molecule has 0 fully saturated rings. The van der Waals surface area contributed by atoms with Crippen LogP contribution in [0.25, 0.3) is 0 Å². The lowest BCUT2D eigenvalue weighted by atomic mass is 10.1. The lowest BCUT2D eigenvalue weighted by molar-refractivity contribution is -0.123. The average molecular weight is 383 g/mol. The number of ketones is 1. The van der Waals surface area contributed by atoms with Crippen molar-refractivity contribution in [3.63, 3.8) is 0 Å². The molecule has 3 aromatic rings. The highest BCUT2D eigenvalue weighted by Crippen LogP contribution is 2.26. The molecule has 2 aromatic carbocycles. The second-order valence-electron chi connectivity index (χ2n) is 5.94. The van der Waals surface area contributed by atoms with Gasteiger partial charge >= 0.3 is 0 Å². The van der Waals surface area contributed by atoms with E-state index in [0.29, 0.717) is 11.3 Å². The zero-order valence-electron chi connectivity index (χ0n) is 14.6. The van der Waals surface area contributed by atoms with Gasteiger partial charge in [-0.2, -0.15) is 0 Å². The lowest BCUT2D eigenvalue weighted by Crippen LogP contribution is -2.32. The summed E-state index contributed by atoms with van der Waals surface area (Å²) in [5.74, 6) is -0.150. The molecule has 3 rings (SSSR count). The Morgan fingerprint density at radius 2 is 1.78 bits per heavy atom. The van der Waals surface area contributed by atoms with Crippen LogP contribution in [0.15, 0.2) is 66.0 Å². The maximum atomic E-state index is 13.2. The number of amides is 1. The number of thiophene rings is 1. The van der Waals surface area contributed by atoms with Gasteiger partial charge in [0.2, 0.25) is 0 Å². The second kappa shape index (κ2) is 8.60. The zero-order valence-corrected chi connectivity index (χ0v) is 15.5. The Balaban J connectivity index is 1.66. The first-order valence-corrected chi connectivity index (χ1v) is 9.23. The molecule has 1 aromatic heterocycles. The van der Waals surface area contributed by atoms with E-state index >= 15 is 0 Å². The molecule has 1 heterocycles. The minimum Gasteiger partial charge on any atom is -0.484 e. The van der Waals surface area contributed by atoms with Gasteiger partial charge < -0.3 is 10.1 Å². The van der Waals surface area contributed by atoms with Gasteiger partial charge in [0.25, 0.3) is 5.91 Å².